The molecule has 7 heteroatoms. The molecule has 1 aromatic carbocycles. The van der Waals surface area contributed by atoms with Gasteiger partial charge in [-0.05, 0) is 18.2 Å². The predicted octanol–water partition coefficient (Wildman–Crippen LogP) is 1.55. The number of hydrogen-bond donors (Lipinski definition) is 1. The molecule has 0 fully saturated rings. The summed E-state index contributed by atoms with van der Waals surface area (Å²) in [6, 6.07) is 3.59. The molecule has 3 nitrogen and oxygen atoms in total. The molecule has 80 valence electrons. The topological polar surface area (TPSA) is 57.9 Å². The first-order valence-electron chi connectivity index (χ1n) is 3.62. The lowest BCUT2D eigenvalue weighted by atomic mass is 10.1. The fraction of sp³-hybridized carbons (Fsp3) is 0.125. The van der Waals surface area contributed by atoms with Gasteiger partial charge in [-0.25, -0.2) is 8.42 Å². The van der Waals surface area contributed by atoms with Gasteiger partial charge in [0, 0.05) is 0 Å². The molecule has 0 heterocycles. The average molecular weight is 235 g/mol. The van der Waals surface area contributed by atoms with Gasteiger partial charge in [0.1, 0.15) is 0 Å². The van der Waals surface area contributed by atoms with Crippen molar-refractivity contribution in [2.45, 2.75) is 11.1 Å². The summed E-state index contributed by atoms with van der Waals surface area (Å²) in [5.74, 6) is 0. The van der Waals surface area contributed by atoms with E-state index >= 15 is 0 Å². The molecule has 0 saturated carbocycles. The van der Waals surface area contributed by atoms with Crippen LogP contribution in [0.4, 0.5) is 13.2 Å². The van der Waals surface area contributed by atoms with E-state index in [9.17, 15) is 21.6 Å². The molecular formula is C8H4F3NO2S. The number of halogens is 3. The lowest BCUT2D eigenvalue weighted by Gasteiger charge is -2.08. The molecule has 0 spiro atoms. The van der Waals surface area contributed by atoms with E-state index in [0.717, 1.165) is 12.1 Å². The Morgan fingerprint density at radius 3 is 2.27 bits per heavy atom. The summed E-state index contributed by atoms with van der Waals surface area (Å²) in [6.07, 6.45) is -4.73. The minimum absolute atomic E-state index is 0.449. The van der Waals surface area contributed by atoms with Gasteiger partial charge in [-0.2, -0.15) is 18.4 Å². The van der Waals surface area contributed by atoms with Crippen LogP contribution in [-0.2, 0) is 16.9 Å². The van der Waals surface area contributed by atoms with Crippen LogP contribution in [0.1, 0.15) is 11.1 Å². The van der Waals surface area contributed by atoms with Gasteiger partial charge in [-0.3, -0.25) is 0 Å². The SMILES string of the molecule is N#Cc1ccc([SH](=O)=O)cc1C(F)(F)F. The van der Waals surface area contributed by atoms with Gasteiger partial charge >= 0.3 is 6.18 Å². The highest BCUT2D eigenvalue weighted by atomic mass is 32.2. The van der Waals surface area contributed by atoms with Crippen molar-refractivity contribution in [3.63, 3.8) is 0 Å². The van der Waals surface area contributed by atoms with Crippen molar-refractivity contribution in [1.82, 2.24) is 0 Å². The van der Waals surface area contributed by atoms with E-state index in [4.69, 9.17) is 5.26 Å². The summed E-state index contributed by atoms with van der Waals surface area (Å²) in [5.41, 5.74) is -1.83. The quantitative estimate of drug-likeness (QED) is 0.751. The van der Waals surface area contributed by atoms with Crippen LogP contribution in [0.15, 0.2) is 23.1 Å². The molecule has 0 unspecified atom stereocenters. The fourth-order valence-electron chi connectivity index (χ4n) is 0.978. The van der Waals surface area contributed by atoms with E-state index in [2.05, 4.69) is 0 Å². The monoisotopic (exact) mass is 235 g/mol. The van der Waals surface area contributed by atoms with Crippen LogP contribution in [0.5, 0.6) is 0 Å². The second-order valence-corrected chi connectivity index (χ2v) is 3.63. The zero-order chi connectivity index (χ0) is 11.6. The highest BCUT2D eigenvalue weighted by Gasteiger charge is 2.33. The first-order chi connectivity index (χ1) is 6.86. The molecule has 0 aliphatic heterocycles. The Kier molecular flexibility index (Phi) is 3.00. The highest BCUT2D eigenvalue weighted by Crippen LogP contribution is 2.32. The molecule has 0 radical (unpaired) electrons. The van der Waals surface area contributed by atoms with Crippen molar-refractivity contribution in [2.24, 2.45) is 0 Å². The maximum absolute atomic E-state index is 12.3. The number of hydrogen-bond acceptors (Lipinski definition) is 3. The molecule has 1 aromatic rings. The van der Waals surface area contributed by atoms with E-state index in [-0.39, 0.29) is 0 Å². The predicted molar refractivity (Wildman–Crippen MR) is 44.7 cm³/mol. The number of alkyl halides is 3. The second-order valence-electron chi connectivity index (χ2n) is 2.60. The van der Waals surface area contributed by atoms with Crippen molar-refractivity contribution >= 4 is 10.7 Å². The lowest BCUT2D eigenvalue weighted by Crippen LogP contribution is -2.08. The van der Waals surface area contributed by atoms with Crippen LogP contribution in [0.2, 0.25) is 0 Å². The van der Waals surface area contributed by atoms with Crippen molar-refractivity contribution < 1.29 is 21.6 Å². The number of rotatable bonds is 1. The summed E-state index contributed by atoms with van der Waals surface area (Å²) in [7, 11) is -3.09. The van der Waals surface area contributed by atoms with E-state index in [1.165, 1.54) is 6.07 Å². The van der Waals surface area contributed by atoms with Crippen LogP contribution in [0, 0.1) is 11.3 Å². The Labute approximate surface area is 84.7 Å². The summed E-state index contributed by atoms with van der Waals surface area (Å²) in [4.78, 5) is -0.462. The third kappa shape index (κ3) is 2.47. The smallest absolute Gasteiger partial charge is 0.227 e. The lowest BCUT2D eigenvalue weighted by molar-refractivity contribution is -0.137. The first kappa shape index (κ1) is 11.5. The fourth-order valence-corrected chi connectivity index (χ4v) is 1.41. The van der Waals surface area contributed by atoms with Gasteiger partial charge in [-0.15, -0.1) is 0 Å². The molecule has 1 rings (SSSR count). The van der Waals surface area contributed by atoms with E-state index in [0.29, 0.717) is 6.07 Å². The van der Waals surface area contributed by atoms with E-state index in [1.807, 2.05) is 0 Å². The van der Waals surface area contributed by atoms with E-state index < -0.39 is 32.9 Å². The van der Waals surface area contributed by atoms with Gasteiger partial charge in [-0.1, -0.05) is 0 Å². The Morgan fingerprint density at radius 2 is 1.87 bits per heavy atom. The molecular weight excluding hydrogens is 231 g/mol. The van der Waals surface area contributed by atoms with Crippen molar-refractivity contribution in [2.75, 3.05) is 0 Å². The van der Waals surface area contributed by atoms with E-state index in [1.54, 1.807) is 0 Å². The third-order valence-corrected chi connectivity index (χ3v) is 2.34. The molecule has 0 aromatic heterocycles. The van der Waals surface area contributed by atoms with Crippen LogP contribution in [0.3, 0.4) is 0 Å². The van der Waals surface area contributed by atoms with Gasteiger partial charge in [0.05, 0.1) is 22.1 Å². The van der Waals surface area contributed by atoms with Gasteiger partial charge < -0.3 is 0 Å². The second kappa shape index (κ2) is 3.90. The summed E-state index contributed by atoms with van der Waals surface area (Å²) in [6.45, 7) is 0. The standard InChI is InChI=1S/C8H4F3NO2S/c9-8(10,11)7-3-6(15(13)14)2-1-5(7)4-12/h1-3,15H. The Bertz CT molecular complexity index is 492. The first-order valence-corrected chi connectivity index (χ1v) is 4.79. The Balaban J connectivity index is 3.47. The van der Waals surface area contributed by atoms with Crippen molar-refractivity contribution in [3.8, 4) is 6.07 Å². The number of thiol groups is 1. The molecule has 0 aliphatic carbocycles. The van der Waals surface area contributed by atoms with Gasteiger partial charge in [0.2, 0.25) is 0 Å². The number of benzene rings is 1. The summed E-state index contributed by atoms with van der Waals surface area (Å²) < 4.78 is 57.9. The Hall–Kier alpha value is -1.55. The molecule has 0 aliphatic rings. The molecule has 0 saturated heterocycles. The highest BCUT2D eigenvalue weighted by molar-refractivity contribution is 7.72. The van der Waals surface area contributed by atoms with Crippen LogP contribution < -0.4 is 0 Å². The van der Waals surface area contributed by atoms with Crippen LogP contribution in [-0.4, -0.2) is 8.42 Å². The molecule has 0 amide bonds. The summed E-state index contributed by atoms with van der Waals surface area (Å²) >= 11 is 0. The molecule has 0 bridgehead atoms. The summed E-state index contributed by atoms with van der Waals surface area (Å²) in [5, 5.41) is 8.41. The number of nitrogens with zero attached hydrogens (tertiary/aromatic N) is 1. The number of nitriles is 1. The van der Waals surface area contributed by atoms with Crippen LogP contribution >= 0.6 is 0 Å². The van der Waals surface area contributed by atoms with Gasteiger partial charge in [0.15, 0.2) is 10.7 Å². The molecule has 0 atom stereocenters. The minimum atomic E-state index is -4.73. The van der Waals surface area contributed by atoms with Crippen LogP contribution in [0.25, 0.3) is 0 Å². The van der Waals surface area contributed by atoms with Gasteiger partial charge in [0.25, 0.3) is 0 Å². The minimum Gasteiger partial charge on any atom is -0.227 e. The Morgan fingerprint density at radius 1 is 1.27 bits per heavy atom. The molecule has 15 heavy (non-hydrogen) atoms. The third-order valence-electron chi connectivity index (χ3n) is 1.64. The maximum Gasteiger partial charge on any atom is 0.417 e. The largest absolute Gasteiger partial charge is 0.417 e. The van der Waals surface area contributed by atoms with Crippen molar-refractivity contribution in [3.05, 3.63) is 29.3 Å². The normalized spacial score (nSPS) is 11.4. The zero-order valence-electron chi connectivity index (χ0n) is 7.08. The average Bonchev–Trinajstić information content (AvgIpc) is 2.15. The molecule has 0 N–H and O–H groups in total. The maximum atomic E-state index is 12.3. The zero-order valence-corrected chi connectivity index (χ0v) is 7.97. The van der Waals surface area contributed by atoms with Crippen molar-refractivity contribution in [1.29, 1.82) is 5.26 Å².